The van der Waals surface area contributed by atoms with Crippen LogP contribution >= 0.6 is 6.89 Å². The van der Waals surface area contributed by atoms with Gasteiger partial charge in [-0.2, -0.15) is 0 Å². The number of benzene rings is 3. The Bertz CT molecular complexity index is 784. The minimum absolute atomic E-state index is 0.862. The first kappa shape index (κ1) is 18.3. The van der Waals surface area contributed by atoms with Gasteiger partial charge in [0, 0.05) is 6.42 Å². The summed E-state index contributed by atoms with van der Waals surface area (Å²) in [6.07, 6.45) is 9.58. The van der Waals surface area contributed by atoms with Crippen molar-refractivity contribution in [3.63, 3.8) is 0 Å². The molecule has 0 heterocycles. The second-order valence-corrected chi connectivity index (χ2v) is 9.72. The van der Waals surface area contributed by atoms with Crippen molar-refractivity contribution in [3.05, 3.63) is 91.0 Å². The molecule has 0 aliphatic rings. The molecule has 130 valence electrons. The van der Waals surface area contributed by atoms with Gasteiger partial charge in [0.2, 0.25) is 0 Å². The molecule has 0 aromatic heterocycles. The summed E-state index contributed by atoms with van der Waals surface area (Å²) in [7, 11) is 0. The molecule has 1 heteroatoms. The second kappa shape index (κ2) is 9.28. The highest BCUT2D eigenvalue weighted by Gasteiger charge is 2.24. The van der Waals surface area contributed by atoms with Crippen LogP contribution in [0.4, 0.5) is 0 Å². The third-order valence-electron chi connectivity index (χ3n) is 4.67. The minimum Gasteiger partial charge on any atom is -0.120 e. The molecule has 0 atom stereocenters. The van der Waals surface area contributed by atoms with Crippen molar-refractivity contribution in [2.75, 3.05) is 0 Å². The van der Waals surface area contributed by atoms with Gasteiger partial charge in [-0.3, -0.25) is 0 Å². The smallest absolute Gasteiger partial charge is 0.00861 e. The van der Waals surface area contributed by atoms with Gasteiger partial charge in [0.1, 0.15) is 0 Å². The highest BCUT2D eigenvalue weighted by Crippen LogP contribution is 2.44. The largest absolute Gasteiger partial charge is 0.120 e. The zero-order valence-corrected chi connectivity index (χ0v) is 16.0. The predicted molar refractivity (Wildman–Crippen MR) is 119 cm³/mol. The Morgan fingerprint density at radius 2 is 1.08 bits per heavy atom. The van der Waals surface area contributed by atoms with Crippen LogP contribution in [0.15, 0.2) is 91.0 Å². The van der Waals surface area contributed by atoms with E-state index in [1.165, 1.54) is 15.9 Å². The van der Waals surface area contributed by atoms with Crippen LogP contribution in [-0.4, -0.2) is 5.80 Å². The maximum absolute atomic E-state index is 5.42. The molecule has 3 aromatic rings. The van der Waals surface area contributed by atoms with E-state index in [1.807, 2.05) is 0 Å². The number of unbranched alkanes of at least 4 members (excludes halogenated alkanes) is 3. The molecule has 3 rings (SSSR count). The van der Waals surface area contributed by atoms with Crippen molar-refractivity contribution in [3.8, 4) is 12.3 Å². The Balaban J connectivity index is 2.19. The summed E-state index contributed by atoms with van der Waals surface area (Å²) < 4.78 is 0. The van der Waals surface area contributed by atoms with Gasteiger partial charge in [-0.05, 0) is 42.1 Å². The molecular weight excluding hydrogens is 331 g/mol. The Labute approximate surface area is 157 Å². The Morgan fingerprint density at radius 3 is 1.46 bits per heavy atom. The van der Waals surface area contributed by atoms with Crippen molar-refractivity contribution in [2.45, 2.75) is 25.7 Å². The van der Waals surface area contributed by atoms with Crippen LogP contribution in [-0.2, 0) is 0 Å². The zero-order valence-electron chi connectivity index (χ0n) is 15.1. The van der Waals surface area contributed by atoms with Crippen LogP contribution in [0.3, 0.4) is 0 Å². The molecule has 0 radical (unpaired) electrons. The average Bonchev–Trinajstić information content (AvgIpc) is 2.73. The molecule has 3 aromatic carbocycles. The summed E-state index contributed by atoms with van der Waals surface area (Å²) in [6.45, 7) is -1.78. The van der Waals surface area contributed by atoms with E-state index < -0.39 is 6.89 Å². The summed E-state index contributed by atoms with van der Waals surface area (Å²) in [6, 6.07) is 32.9. The first-order chi connectivity index (χ1) is 12.9. The zero-order chi connectivity index (χ0) is 18.1. The van der Waals surface area contributed by atoms with E-state index in [4.69, 9.17) is 6.42 Å². The van der Waals surface area contributed by atoms with E-state index >= 15 is 0 Å². The van der Waals surface area contributed by atoms with Crippen molar-refractivity contribution in [2.24, 2.45) is 0 Å². The van der Waals surface area contributed by atoms with Crippen LogP contribution in [0.1, 0.15) is 25.7 Å². The molecule has 0 N–H and O–H groups in total. The Morgan fingerprint density at radius 1 is 0.654 bits per heavy atom. The van der Waals surface area contributed by atoms with Crippen LogP contribution in [0, 0.1) is 12.3 Å². The van der Waals surface area contributed by atoms with Crippen molar-refractivity contribution in [1.82, 2.24) is 0 Å². The highest BCUT2D eigenvalue weighted by atomic mass is 31.2. The van der Waals surface area contributed by atoms with Crippen LogP contribution < -0.4 is 15.9 Å². The van der Waals surface area contributed by atoms with Gasteiger partial charge < -0.3 is 0 Å². The summed E-state index contributed by atoms with van der Waals surface area (Å²) in [5, 5.41) is 4.23. The molecule has 0 bridgehead atoms. The van der Waals surface area contributed by atoms with Gasteiger partial charge in [-0.1, -0.05) is 96.8 Å². The first-order valence-electron chi connectivity index (χ1n) is 9.21. The van der Waals surface area contributed by atoms with E-state index in [0.29, 0.717) is 0 Å². The average molecular weight is 356 g/mol. The quantitative estimate of drug-likeness (QED) is 0.318. The van der Waals surface area contributed by atoms with Crippen LogP contribution in [0.5, 0.6) is 0 Å². The fourth-order valence-electron chi connectivity index (χ4n) is 3.41. The lowest BCUT2D eigenvalue weighted by Crippen LogP contribution is -2.26. The SMILES string of the molecule is C#CCCCCC=P(c1ccccc1)(c1ccccc1)c1ccccc1. The number of hydrogen-bond donors (Lipinski definition) is 0. The second-order valence-electron chi connectivity index (χ2n) is 6.36. The van der Waals surface area contributed by atoms with E-state index in [1.54, 1.807) is 0 Å². The standard InChI is InChI=1S/C25H25P/c1-2-3-4-5-15-22-26(23-16-9-6-10-17-23,24-18-11-7-12-19-24)25-20-13-8-14-21-25/h1,6-14,16-22H,3-5,15H2. The van der Waals surface area contributed by atoms with E-state index in [0.717, 1.165) is 25.7 Å². The monoisotopic (exact) mass is 356 g/mol. The lowest BCUT2D eigenvalue weighted by molar-refractivity contribution is 0.797. The van der Waals surface area contributed by atoms with Gasteiger partial charge >= 0.3 is 0 Å². The van der Waals surface area contributed by atoms with Gasteiger partial charge in [0.15, 0.2) is 0 Å². The van der Waals surface area contributed by atoms with Crippen molar-refractivity contribution in [1.29, 1.82) is 0 Å². The van der Waals surface area contributed by atoms with E-state index in [2.05, 4.69) is 103 Å². The fraction of sp³-hybridized carbons (Fsp3) is 0.160. The van der Waals surface area contributed by atoms with Gasteiger partial charge in [-0.15, -0.1) is 12.3 Å². The fourth-order valence-corrected chi connectivity index (χ4v) is 7.43. The summed E-state index contributed by atoms with van der Waals surface area (Å²) >= 11 is 0. The molecule has 26 heavy (non-hydrogen) atoms. The maximum Gasteiger partial charge on any atom is 0.00861 e. The summed E-state index contributed by atoms with van der Waals surface area (Å²) in [4.78, 5) is 0. The Kier molecular flexibility index (Phi) is 6.54. The molecule has 0 amide bonds. The molecule has 0 unspecified atom stereocenters. The minimum atomic E-state index is -1.78. The van der Waals surface area contributed by atoms with Gasteiger partial charge in [0.05, 0.1) is 0 Å². The highest BCUT2D eigenvalue weighted by molar-refractivity contribution is 7.94. The number of hydrogen-bond acceptors (Lipinski definition) is 0. The van der Waals surface area contributed by atoms with E-state index in [-0.39, 0.29) is 0 Å². The van der Waals surface area contributed by atoms with Gasteiger partial charge in [-0.25, -0.2) is 0 Å². The first-order valence-corrected chi connectivity index (χ1v) is 11.1. The van der Waals surface area contributed by atoms with Crippen LogP contribution in [0.2, 0.25) is 0 Å². The molecule has 0 fully saturated rings. The third-order valence-corrected chi connectivity index (χ3v) is 8.81. The maximum atomic E-state index is 5.42. The molecule has 0 aliphatic carbocycles. The molecule has 0 saturated carbocycles. The number of terminal acetylenes is 1. The molecule has 0 aliphatic heterocycles. The molecule has 0 nitrogen and oxygen atoms in total. The Hall–Kier alpha value is -2.48. The summed E-state index contributed by atoms with van der Waals surface area (Å²) in [5.41, 5.74) is 0. The normalized spacial score (nSPS) is 10.9. The predicted octanol–water partition coefficient (Wildman–Crippen LogP) is 4.98. The van der Waals surface area contributed by atoms with Gasteiger partial charge in [0.25, 0.3) is 0 Å². The molecular formula is C25H25P. The lowest BCUT2D eigenvalue weighted by atomic mass is 10.2. The topological polar surface area (TPSA) is 0 Å². The molecule has 0 saturated heterocycles. The van der Waals surface area contributed by atoms with Crippen molar-refractivity contribution < 1.29 is 0 Å². The summed E-state index contributed by atoms with van der Waals surface area (Å²) in [5.74, 6) is 5.34. The van der Waals surface area contributed by atoms with Crippen molar-refractivity contribution >= 4 is 28.6 Å². The van der Waals surface area contributed by atoms with E-state index in [9.17, 15) is 0 Å². The van der Waals surface area contributed by atoms with Crippen LogP contribution in [0.25, 0.3) is 0 Å². The third kappa shape index (κ3) is 4.01. The lowest BCUT2D eigenvalue weighted by Gasteiger charge is -2.29. The molecule has 0 spiro atoms. The number of rotatable bonds is 7.